The number of aliphatic hydroxyl groups is 1. The average Bonchev–Trinajstić information content (AvgIpc) is 2.85. The van der Waals surface area contributed by atoms with Crippen molar-refractivity contribution < 1.29 is 38.4 Å². The van der Waals surface area contributed by atoms with Crippen LogP contribution < -0.4 is 14.2 Å². The molecule has 196 valence electrons. The predicted molar refractivity (Wildman–Crippen MR) is 132 cm³/mol. The van der Waals surface area contributed by atoms with Crippen LogP contribution in [0.5, 0.6) is 17.2 Å². The predicted octanol–water partition coefficient (Wildman–Crippen LogP) is 3.77. The number of amides is 1. The highest BCUT2D eigenvalue weighted by atomic mass is 16.6. The van der Waals surface area contributed by atoms with Crippen LogP contribution >= 0.6 is 0 Å². The van der Waals surface area contributed by atoms with Crippen LogP contribution in [0.15, 0.2) is 42.5 Å². The molecular formula is C27H35NO8. The van der Waals surface area contributed by atoms with E-state index in [-0.39, 0.29) is 19.7 Å². The molecule has 1 saturated heterocycles. The summed E-state index contributed by atoms with van der Waals surface area (Å²) in [5, 5.41) is 11.0. The molecule has 0 aromatic heterocycles. The molecule has 1 amide bonds. The number of carbonyl (C=O) groups is 2. The van der Waals surface area contributed by atoms with E-state index in [0.29, 0.717) is 22.8 Å². The Bertz CT molecular complexity index is 1040. The number of carbonyl (C=O) groups excluding carboxylic acids is 2. The van der Waals surface area contributed by atoms with Crippen molar-refractivity contribution in [3.05, 3.63) is 53.6 Å². The van der Waals surface area contributed by atoms with E-state index in [9.17, 15) is 14.7 Å². The van der Waals surface area contributed by atoms with E-state index in [1.807, 2.05) is 18.2 Å². The molecule has 1 aliphatic heterocycles. The Morgan fingerprint density at radius 2 is 1.64 bits per heavy atom. The summed E-state index contributed by atoms with van der Waals surface area (Å²) >= 11 is 0. The Hall–Kier alpha value is -3.46. The molecule has 2 aromatic rings. The lowest BCUT2D eigenvalue weighted by Crippen LogP contribution is -2.53. The van der Waals surface area contributed by atoms with Crippen LogP contribution in [0.4, 0.5) is 4.79 Å². The number of aliphatic hydroxyl groups excluding tert-OH is 1. The van der Waals surface area contributed by atoms with Gasteiger partial charge in [0.15, 0.2) is 0 Å². The molecule has 0 saturated carbocycles. The molecule has 3 rings (SSSR count). The molecule has 0 aliphatic carbocycles. The van der Waals surface area contributed by atoms with Crippen molar-refractivity contribution in [3.8, 4) is 17.2 Å². The van der Waals surface area contributed by atoms with Crippen molar-refractivity contribution in [2.75, 3.05) is 34.4 Å². The lowest BCUT2D eigenvalue weighted by atomic mass is 9.78. The highest BCUT2D eigenvalue weighted by Gasteiger charge is 2.44. The van der Waals surface area contributed by atoms with Crippen molar-refractivity contribution in [3.63, 3.8) is 0 Å². The first-order valence-electron chi connectivity index (χ1n) is 11.7. The van der Waals surface area contributed by atoms with Crippen LogP contribution in [-0.4, -0.2) is 68.2 Å². The topological polar surface area (TPSA) is 104 Å². The van der Waals surface area contributed by atoms with Gasteiger partial charge in [-0.05, 0) is 56.2 Å². The van der Waals surface area contributed by atoms with Crippen molar-refractivity contribution in [2.24, 2.45) is 5.92 Å². The van der Waals surface area contributed by atoms with Crippen molar-refractivity contribution >= 4 is 12.1 Å². The van der Waals surface area contributed by atoms with Crippen molar-refractivity contribution in [1.82, 2.24) is 4.90 Å². The van der Waals surface area contributed by atoms with Gasteiger partial charge in [-0.15, -0.1) is 0 Å². The summed E-state index contributed by atoms with van der Waals surface area (Å²) in [6, 6.07) is 12.7. The van der Waals surface area contributed by atoms with Crippen LogP contribution in [0.3, 0.4) is 0 Å². The Labute approximate surface area is 211 Å². The maximum Gasteiger partial charge on any atom is 0.410 e. The van der Waals surface area contributed by atoms with E-state index < -0.39 is 35.6 Å². The summed E-state index contributed by atoms with van der Waals surface area (Å²) in [5.74, 6) is 0.00697. The second kappa shape index (κ2) is 11.5. The smallest absolute Gasteiger partial charge is 0.410 e. The number of piperidine rings is 1. The quantitative estimate of drug-likeness (QED) is 0.572. The van der Waals surface area contributed by atoms with E-state index in [1.165, 1.54) is 12.0 Å². The summed E-state index contributed by atoms with van der Waals surface area (Å²) in [6.07, 6.45) is -1.59. The van der Waals surface area contributed by atoms with Gasteiger partial charge < -0.3 is 33.7 Å². The van der Waals surface area contributed by atoms with Gasteiger partial charge in [-0.25, -0.2) is 4.79 Å². The van der Waals surface area contributed by atoms with E-state index in [4.69, 9.17) is 23.7 Å². The van der Waals surface area contributed by atoms with Crippen LogP contribution in [0, 0.1) is 5.92 Å². The number of β-amino-alcohol motifs (C(OH)–C–C–N with tert-alkyl or cyclic N) is 1. The molecule has 0 radical (unpaired) electrons. The third-order valence-corrected chi connectivity index (χ3v) is 5.89. The summed E-state index contributed by atoms with van der Waals surface area (Å²) in [6.45, 7) is 5.65. The molecule has 1 heterocycles. The highest BCUT2D eigenvalue weighted by molar-refractivity contribution is 5.76. The largest absolute Gasteiger partial charge is 0.497 e. The zero-order valence-corrected chi connectivity index (χ0v) is 21.6. The summed E-state index contributed by atoms with van der Waals surface area (Å²) < 4.78 is 27.1. The molecule has 1 fully saturated rings. The third kappa shape index (κ3) is 6.81. The second-order valence-electron chi connectivity index (χ2n) is 9.69. The number of hydrogen-bond acceptors (Lipinski definition) is 8. The molecule has 2 aromatic carbocycles. The van der Waals surface area contributed by atoms with Crippen molar-refractivity contribution in [2.45, 2.75) is 45.0 Å². The lowest BCUT2D eigenvalue weighted by molar-refractivity contribution is -0.150. The van der Waals surface area contributed by atoms with Gasteiger partial charge in [0.2, 0.25) is 0 Å². The van der Waals surface area contributed by atoms with Crippen LogP contribution in [0.2, 0.25) is 0 Å². The molecule has 36 heavy (non-hydrogen) atoms. The summed E-state index contributed by atoms with van der Waals surface area (Å²) in [7, 11) is 4.46. The lowest BCUT2D eigenvalue weighted by Gasteiger charge is -2.41. The van der Waals surface area contributed by atoms with E-state index in [1.54, 1.807) is 59.3 Å². The molecule has 1 aliphatic rings. The fraction of sp³-hybridized carbons (Fsp3) is 0.481. The van der Waals surface area contributed by atoms with Crippen LogP contribution in [0.25, 0.3) is 0 Å². The van der Waals surface area contributed by atoms with Gasteiger partial charge in [0.25, 0.3) is 0 Å². The van der Waals surface area contributed by atoms with Gasteiger partial charge in [-0.2, -0.15) is 0 Å². The molecule has 9 heteroatoms. The van der Waals surface area contributed by atoms with Gasteiger partial charge in [0.1, 0.15) is 29.5 Å². The Kier molecular flexibility index (Phi) is 8.68. The molecule has 3 atom stereocenters. The minimum Gasteiger partial charge on any atom is -0.497 e. The summed E-state index contributed by atoms with van der Waals surface area (Å²) in [4.78, 5) is 26.7. The minimum atomic E-state index is -1.01. The van der Waals surface area contributed by atoms with Gasteiger partial charge in [0, 0.05) is 18.5 Å². The maximum atomic E-state index is 12.7. The minimum absolute atomic E-state index is 0.0295. The van der Waals surface area contributed by atoms with Crippen LogP contribution in [-0.2, 0) is 20.9 Å². The van der Waals surface area contributed by atoms with Crippen molar-refractivity contribution in [1.29, 1.82) is 0 Å². The van der Waals surface area contributed by atoms with Crippen LogP contribution in [0.1, 0.15) is 37.8 Å². The molecular weight excluding hydrogens is 466 g/mol. The Balaban J connectivity index is 1.80. The first-order valence-corrected chi connectivity index (χ1v) is 11.7. The Morgan fingerprint density at radius 1 is 0.972 bits per heavy atom. The highest BCUT2D eigenvalue weighted by Crippen LogP contribution is 2.36. The molecule has 0 unspecified atom stereocenters. The zero-order chi connectivity index (χ0) is 26.5. The zero-order valence-electron chi connectivity index (χ0n) is 21.6. The fourth-order valence-corrected chi connectivity index (χ4v) is 4.26. The molecule has 1 N–H and O–H groups in total. The van der Waals surface area contributed by atoms with E-state index in [0.717, 1.165) is 5.56 Å². The van der Waals surface area contributed by atoms with Gasteiger partial charge in [-0.3, -0.25) is 4.79 Å². The number of esters is 1. The fourth-order valence-electron chi connectivity index (χ4n) is 4.26. The third-order valence-electron chi connectivity index (χ3n) is 5.89. The molecule has 0 spiro atoms. The van der Waals surface area contributed by atoms with Gasteiger partial charge in [0.05, 0.1) is 39.9 Å². The number of likely N-dealkylation sites (tertiary alicyclic amines) is 1. The normalized spacial score (nSPS) is 19.9. The van der Waals surface area contributed by atoms with Gasteiger partial charge >= 0.3 is 12.1 Å². The monoisotopic (exact) mass is 501 g/mol. The number of ether oxygens (including phenoxy) is 5. The first-order chi connectivity index (χ1) is 17.0. The molecule has 0 bridgehead atoms. The number of rotatable bonds is 7. The first kappa shape index (κ1) is 27.1. The summed E-state index contributed by atoms with van der Waals surface area (Å²) in [5.41, 5.74) is 0.871. The maximum absolute atomic E-state index is 12.7. The SMILES string of the molecule is COC(=O)[C@H]1CN(C(=O)OC(C)(C)C)C[C@@H](O)[C@@H]1c1cccc(OCc2cc(OC)cc(OC)c2)c1. The van der Waals surface area contributed by atoms with E-state index >= 15 is 0 Å². The van der Waals surface area contributed by atoms with E-state index in [2.05, 4.69) is 0 Å². The number of hydrogen-bond donors (Lipinski definition) is 1. The molecule has 9 nitrogen and oxygen atoms in total. The number of nitrogens with zero attached hydrogens (tertiary/aromatic N) is 1. The second-order valence-corrected chi connectivity index (χ2v) is 9.69. The number of benzene rings is 2. The number of methoxy groups -OCH3 is 3. The standard InChI is InChI=1S/C27H35NO8/c1-27(2,3)36-26(31)28-14-22(25(30)34-6)24(23(29)15-28)18-8-7-9-19(12-18)35-16-17-10-20(32-4)13-21(11-17)33-5/h7-13,22-24,29H,14-16H2,1-6H3/t22-,23+,24+/m0/s1. The average molecular weight is 502 g/mol. The Morgan fingerprint density at radius 3 is 2.22 bits per heavy atom. The van der Waals surface area contributed by atoms with Gasteiger partial charge in [-0.1, -0.05) is 12.1 Å².